The van der Waals surface area contributed by atoms with E-state index in [4.69, 9.17) is 14.0 Å². The van der Waals surface area contributed by atoms with E-state index in [9.17, 15) is 0 Å². The smallest absolute Gasteiger partial charge is 0.240 e. The van der Waals surface area contributed by atoms with Gasteiger partial charge in [0.25, 0.3) is 0 Å². The van der Waals surface area contributed by atoms with Gasteiger partial charge in [0.2, 0.25) is 5.89 Å². The Morgan fingerprint density at radius 2 is 2.42 bits per heavy atom. The van der Waals surface area contributed by atoms with Gasteiger partial charge in [0, 0.05) is 39.4 Å². The summed E-state index contributed by atoms with van der Waals surface area (Å²) in [5, 5.41) is 15.0. The molecule has 0 unspecified atom stereocenters. The molecule has 1 saturated heterocycles. The van der Waals surface area contributed by atoms with Gasteiger partial charge >= 0.3 is 0 Å². The van der Waals surface area contributed by atoms with Gasteiger partial charge in [-0.1, -0.05) is 5.16 Å². The summed E-state index contributed by atoms with van der Waals surface area (Å²) in [5.74, 6) is 2.06. The molecule has 0 spiro atoms. The zero-order chi connectivity index (χ0) is 16.6. The normalized spacial score (nSPS) is 18.6. The second-order valence-electron chi connectivity index (χ2n) is 5.56. The molecule has 3 rings (SSSR count). The molecular formula is C15H22N6O3. The fourth-order valence-electron chi connectivity index (χ4n) is 2.50. The summed E-state index contributed by atoms with van der Waals surface area (Å²) >= 11 is 0. The second kappa shape index (κ2) is 8.67. The van der Waals surface area contributed by atoms with Crippen molar-refractivity contribution in [3.05, 3.63) is 30.0 Å². The number of rotatable bonds is 8. The Bertz CT molecular complexity index is 608. The van der Waals surface area contributed by atoms with E-state index in [1.807, 2.05) is 12.1 Å². The minimum atomic E-state index is 0.0802. The number of hydrogen-bond acceptors (Lipinski definition) is 9. The van der Waals surface area contributed by atoms with Crippen molar-refractivity contribution in [2.45, 2.75) is 19.1 Å². The van der Waals surface area contributed by atoms with E-state index in [0.29, 0.717) is 44.4 Å². The molecule has 1 fully saturated rings. The molecule has 2 aromatic heterocycles. The lowest BCUT2D eigenvalue weighted by Gasteiger charge is -2.32. The van der Waals surface area contributed by atoms with Crippen molar-refractivity contribution in [1.29, 1.82) is 0 Å². The summed E-state index contributed by atoms with van der Waals surface area (Å²) in [7, 11) is 1.66. The third-order valence-corrected chi connectivity index (χ3v) is 3.70. The molecule has 9 heteroatoms. The summed E-state index contributed by atoms with van der Waals surface area (Å²) in [5.41, 5.74) is 0. The van der Waals surface area contributed by atoms with E-state index >= 15 is 0 Å². The SMILES string of the molecule is COCCc1noc(CN2CCO[C@H](CNc3cccnn3)C2)n1. The number of nitrogens with one attached hydrogen (secondary N) is 1. The van der Waals surface area contributed by atoms with Gasteiger partial charge in [-0.25, -0.2) is 0 Å². The van der Waals surface area contributed by atoms with Crippen LogP contribution in [0.25, 0.3) is 0 Å². The van der Waals surface area contributed by atoms with E-state index in [1.54, 1.807) is 13.3 Å². The molecule has 1 aliphatic rings. The summed E-state index contributed by atoms with van der Waals surface area (Å²) in [6.07, 6.45) is 2.39. The largest absolute Gasteiger partial charge is 0.384 e. The van der Waals surface area contributed by atoms with E-state index in [2.05, 4.69) is 30.6 Å². The average Bonchev–Trinajstić information content (AvgIpc) is 3.07. The summed E-state index contributed by atoms with van der Waals surface area (Å²) in [6.45, 7) is 4.22. The van der Waals surface area contributed by atoms with Crippen LogP contribution in [0.4, 0.5) is 5.82 Å². The van der Waals surface area contributed by atoms with E-state index < -0.39 is 0 Å². The Morgan fingerprint density at radius 1 is 1.46 bits per heavy atom. The molecule has 0 radical (unpaired) electrons. The van der Waals surface area contributed by atoms with Crippen LogP contribution in [0.2, 0.25) is 0 Å². The molecule has 1 N–H and O–H groups in total. The second-order valence-corrected chi connectivity index (χ2v) is 5.56. The van der Waals surface area contributed by atoms with Gasteiger partial charge in [-0.05, 0) is 12.1 Å². The average molecular weight is 334 g/mol. The van der Waals surface area contributed by atoms with E-state index in [-0.39, 0.29) is 6.10 Å². The molecule has 9 nitrogen and oxygen atoms in total. The highest BCUT2D eigenvalue weighted by Gasteiger charge is 2.22. The van der Waals surface area contributed by atoms with Crippen LogP contribution in [0.3, 0.4) is 0 Å². The molecule has 1 atom stereocenters. The standard InChI is InChI=1S/C15H22N6O3/c1-22-7-4-14-18-15(24-20-14)11-21-6-8-23-12(10-21)9-16-13-3-2-5-17-19-13/h2-3,5,12H,4,6-11H2,1H3,(H,16,19)/t12-/m1/s1. The van der Waals surface area contributed by atoms with Gasteiger partial charge in [0.15, 0.2) is 5.82 Å². The zero-order valence-electron chi connectivity index (χ0n) is 13.7. The number of nitrogens with zero attached hydrogens (tertiary/aromatic N) is 5. The Kier molecular flexibility index (Phi) is 6.05. The summed E-state index contributed by atoms with van der Waals surface area (Å²) in [6, 6.07) is 3.73. The molecule has 130 valence electrons. The van der Waals surface area contributed by atoms with Crippen molar-refractivity contribution in [2.24, 2.45) is 0 Å². The first-order valence-electron chi connectivity index (χ1n) is 7.99. The molecular weight excluding hydrogens is 312 g/mol. The van der Waals surface area contributed by atoms with Crippen LogP contribution in [-0.4, -0.2) is 71.3 Å². The maximum Gasteiger partial charge on any atom is 0.240 e. The molecule has 0 aromatic carbocycles. The number of ether oxygens (including phenoxy) is 2. The molecule has 24 heavy (non-hydrogen) atoms. The molecule has 2 aromatic rings. The molecule has 0 amide bonds. The lowest BCUT2D eigenvalue weighted by molar-refractivity contribution is -0.0268. The van der Waals surface area contributed by atoms with Crippen molar-refractivity contribution in [2.75, 3.05) is 45.3 Å². The predicted octanol–water partition coefficient (Wildman–Crippen LogP) is 0.361. The van der Waals surface area contributed by atoms with Crippen LogP contribution in [0.5, 0.6) is 0 Å². The molecule has 1 aliphatic heterocycles. The van der Waals surface area contributed by atoms with Gasteiger partial charge in [-0.3, -0.25) is 4.90 Å². The summed E-state index contributed by atoms with van der Waals surface area (Å²) in [4.78, 5) is 6.64. The van der Waals surface area contributed by atoms with E-state index in [1.165, 1.54) is 0 Å². The first-order chi connectivity index (χ1) is 11.8. The predicted molar refractivity (Wildman–Crippen MR) is 85.4 cm³/mol. The third kappa shape index (κ3) is 4.95. The van der Waals surface area contributed by atoms with Crippen LogP contribution < -0.4 is 5.32 Å². The van der Waals surface area contributed by atoms with Crippen LogP contribution >= 0.6 is 0 Å². The fraction of sp³-hybridized carbons (Fsp3) is 0.600. The van der Waals surface area contributed by atoms with Crippen LogP contribution in [0.15, 0.2) is 22.9 Å². The van der Waals surface area contributed by atoms with Gasteiger partial charge in [0.05, 0.1) is 25.9 Å². The number of morpholine rings is 1. The summed E-state index contributed by atoms with van der Waals surface area (Å²) < 4.78 is 16.1. The van der Waals surface area contributed by atoms with Gasteiger partial charge in [0.1, 0.15) is 5.82 Å². The highest BCUT2D eigenvalue weighted by Crippen LogP contribution is 2.10. The monoisotopic (exact) mass is 334 g/mol. The third-order valence-electron chi connectivity index (χ3n) is 3.70. The molecule has 0 saturated carbocycles. The first-order valence-corrected chi connectivity index (χ1v) is 7.99. The van der Waals surface area contributed by atoms with Crippen LogP contribution in [-0.2, 0) is 22.4 Å². The van der Waals surface area contributed by atoms with Gasteiger partial charge < -0.3 is 19.3 Å². The first kappa shape index (κ1) is 16.7. The van der Waals surface area contributed by atoms with Crippen LogP contribution in [0.1, 0.15) is 11.7 Å². The van der Waals surface area contributed by atoms with Crippen LogP contribution in [0, 0.1) is 0 Å². The van der Waals surface area contributed by atoms with Crippen molar-refractivity contribution in [3.8, 4) is 0 Å². The molecule has 0 bridgehead atoms. The highest BCUT2D eigenvalue weighted by molar-refractivity contribution is 5.31. The maximum absolute atomic E-state index is 5.79. The Balaban J connectivity index is 1.45. The number of hydrogen-bond donors (Lipinski definition) is 1. The minimum absolute atomic E-state index is 0.0802. The minimum Gasteiger partial charge on any atom is -0.384 e. The molecule has 3 heterocycles. The maximum atomic E-state index is 5.79. The number of aromatic nitrogens is 4. The van der Waals surface area contributed by atoms with Crippen molar-refractivity contribution < 1.29 is 14.0 Å². The van der Waals surface area contributed by atoms with Crippen molar-refractivity contribution >= 4 is 5.82 Å². The Labute approximate surface area is 140 Å². The van der Waals surface area contributed by atoms with Gasteiger partial charge in [-0.15, -0.1) is 5.10 Å². The van der Waals surface area contributed by atoms with E-state index in [0.717, 1.165) is 18.9 Å². The Morgan fingerprint density at radius 3 is 3.25 bits per heavy atom. The molecule has 0 aliphatic carbocycles. The van der Waals surface area contributed by atoms with Crippen molar-refractivity contribution in [1.82, 2.24) is 25.2 Å². The Hall–Kier alpha value is -2.10. The topological polar surface area (TPSA) is 98.4 Å². The lowest BCUT2D eigenvalue weighted by Crippen LogP contribution is -2.44. The van der Waals surface area contributed by atoms with Crippen molar-refractivity contribution in [3.63, 3.8) is 0 Å². The fourth-order valence-corrected chi connectivity index (χ4v) is 2.50. The lowest BCUT2D eigenvalue weighted by atomic mass is 10.2. The number of methoxy groups -OCH3 is 1. The number of anilines is 1. The highest BCUT2D eigenvalue weighted by atomic mass is 16.5. The van der Waals surface area contributed by atoms with Gasteiger partial charge in [-0.2, -0.15) is 10.1 Å². The zero-order valence-corrected chi connectivity index (χ0v) is 13.7. The quantitative estimate of drug-likeness (QED) is 0.733.